The van der Waals surface area contributed by atoms with Gasteiger partial charge in [-0.05, 0) is 36.2 Å². The third-order valence-corrected chi connectivity index (χ3v) is 4.64. The second-order valence-electron chi connectivity index (χ2n) is 6.45. The molecule has 27 heavy (non-hydrogen) atoms. The van der Waals surface area contributed by atoms with Crippen molar-refractivity contribution in [2.45, 2.75) is 6.42 Å². The topological polar surface area (TPSA) is 82.7 Å². The van der Waals surface area contributed by atoms with Gasteiger partial charge in [-0.2, -0.15) is 0 Å². The number of ether oxygens (including phenoxy) is 1. The maximum atomic E-state index is 12.9. The van der Waals surface area contributed by atoms with Crippen LogP contribution in [0.4, 0.5) is 0 Å². The SMILES string of the molecule is COCC(=O)N1CCCN(C(=O)c2cccc(-c3ccc[nH]c3=O)c2)CC1. The molecule has 2 amide bonds. The minimum Gasteiger partial charge on any atom is -0.375 e. The van der Waals surface area contributed by atoms with Crippen LogP contribution in [0.25, 0.3) is 11.1 Å². The average molecular weight is 369 g/mol. The summed E-state index contributed by atoms with van der Waals surface area (Å²) < 4.78 is 4.91. The van der Waals surface area contributed by atoms with E-state index in [1.165, 1.54) is 7.11 Å². The maximum Gasteiger partial charge on any atom is 0.255 e. The summed E-state index contributed by atoms with van der Waals surface area (Å²) in [5.74, 6) is -0.151. The zero-order valence-electron chi connectivity index (χ0n) is 15.3. The van der Waals surface area contributed by atoms with Crippen molar-refractivity contribution in [2.24, 2.45) is 0 Å². The maximum absolute atomic E-state index is 12.9. The number of benzene rings is 1. The number of aromatic nitrogens is 1. The molecule has 1 saturated heterocycles. The minimum absolute atomic E-state index is 0.0572. The van der Waals surface area contributed by atoms with Crippen molar-refractivity contribution >= 4 is 11.8 Å². The monoisotopic (exact) mass is 369 g/mol. The Hall–Kier alpha value is -2.93. The number of aromatic amines is 1. The second-order valence-corrected chi connectivity index (χ2v) is 6.45. The number of carbonyl (C=O) groups excluding carboxylic acids is 2. The summed E-state index contributed by atoms with van der Waals surface area (Å²) in [6.07, 6.45) is 2.30. The number of H-pyrrole nitrogens is 1. The Balaban J connectivity index is 1.75. The fourth-order valence-electron chi connectivity index (χ4n) is 3.24. The quantitative estimate of drug-likeness (QED) is 0.882. The molecule has 7 heteroatoms. The molecule has 7 nitrogen and oxygen atoms in total. The fraction of sp³-hybridized carbons (Fsp3) is 0.350. The van der Waals surface area contributed by atoms with Gasteiger partial charge in [0.2, 0.25) is 5.91 Å². The van der Waals surface area contributed by atoms with Crippen molar-refractivity contribution < 1.29 is 14.3 Å². The van der Waals surface area contributed by atoms with Gasteiger partial charge in [-0.3, -0.25) is 14.4 Å². The summed E-state index contributed by atoms with van der Waals surface area (Å²) in [5, 5.41) is 0. The lowest BCUT2D eigenvalue weighted by atomic mass is 10.0. The van der Waals surface area contributed by atoms with E-state index in [1.54, 1.807) is 46.3 Å². The first-order valence-corrected chi connectivity index (χ1v) is 8.94. The number of hydrogen-bond donors (Lipinski definition) is 1. The fourth-order valence-corrected chi connectivity index (χ4v) is 3.24. The summed E-state index contributed by atoms with van der Waals surface area (Å²) in [6, 6.07) is 10.6. The highest BCUT2D eigenvalue weighted by Gasteiger charge is 2.23. The molecule has 0 saturated carbocycles. The van der Waals surface area contributed by atoms with Crippen LogP contribution < -0.4 is 5.56 Å². The molecule has 0 unspecified atom stereocenters. The van der Waals surface area contributed by atoms with Crippen molar-refractivity contribution in [3.63, 3.8) is 0 Å². The van der Waals surface area contributed by atoms with Crippen LogP contribution in [0.3, 0.4) is 0 Å². The van der Waals surface area contributed by atoms with E-state index in [1.807, 2.05) is 6.07 Å². The van der Waals surface area contributed by atoms with Crippen molar-refractivity contribution in [2.75, 3.05) is 39.9 Å². The summed E-state index contributed by atoms with van der Waals surface area (Å²) in [6.45, 7) is 2.23. The Kier molecular flexibility index (Phi) is 6.03. The summed E-state index contributed by atoms with van der Waals surface area (Å²) in [7, 11) is 1.50. The van der Waals surface area contributed by atoms with E-state index in [0.717, 1.165) is 6.42 Å². The Morgan fingerprint density at radius 1 is 1.07 bits per heavy atom. The van der Waals surface area contributed by atoms with E-state index in [-0.39, 0.29) is 24.0 Å². The molecule has 1 fully saturated rings. The van der Waals surface area contributed by atoms with Gasteiger partial charge in [0.05, 0.1) is 0 Å². The van der Waals surface area contributed by atoms with Gasteiger partial charge in [-0.25, -0.2) is 0 Å². The third-order valence-electron chi connectivity index (χ3n) is 4.64. The first kappa shape index (κ1) is 18.8. The van der Waals surface area contributed by atoms with Gasteiger partial charge >= 0.3 is 0 Å². The molecular weight excluding hydrogens is 346 g/mol. The molecule has 1 aromatic heterocycles. The number of nitrogens with one attached hydrogen (secondary N) is 1. The van der Waals surface area contributed by atoms with Gasteiger partial charge in [-0.15, -0.1) is 0 Å². The lowest BCUT2D eigenvalue weighted by Crippen LogP contribution is -2.38. The van der Waals surface area contributed by atoms with E-state index < -0.39 is 0 Å². The average Bonchev–Trinajstić information content (AvgIpc) is 2.94. The van der Waals surface area contributed by atoms with E-state index in [4.69, 9.17) is 4.74 Å². The molecule has 0 aliphatic carbocycles. The third kappa shape index (κ3) is 4.43. The van der Waals surface area contributed by atoms with E-state index in [2.05, 4.69) is 4.98 Å². The molecule has 0 atom stereocenters. The van der Waals surface area contributed by atoms with Gasteiger partial charge in [0.25, 0.3) is 11.5 Å². The summed E-state index contributed by atoms with van der Waals surface area (Å²) in [4.78, 5) is 43.1. The number of amides is 2. The van der Waals surface area contributed by atoms with Gasteiger partial charge in [-0.1, -0.05) is 12.1 Å². The molecule has 0 spiro atoms. The van der Waals surface area contributed by atoms with Crippen LogP contribution >= 0.6 is 0 Å². The van der Waals surface area contributed by atoms with Crippen LogP contribution in [-0.2, 0) is 9.53 Å². The smallest absolute Gasteiger partial charge is 0.255 e. The largest absolute Gasteiger partial charge is 0.375 e. The molecular formula is C20H23N3O4. The van der Waals surface area contributed by atoms with Gasteiger partial charge in [0.1, 0.15) is 6.61 Å². The highest BCUT2D eigenvalue weighted by molar-refractivity contribution is 5.95. The molecule has 0 bridgehead atoms. The number of methoxy groups -OCH3 is 1. The standard InChI is InChI=1S/C20H23N3O4/c1-27-14-18(24)22-9-4-10-23(12-11-22)20(26)16-6-2-5-15(13-16)17-7-3-8-21-19(17)25/h2-3,5-8,13H,4,9-12,14H2,1H3,(H,21,25). The number of pyridine rings is 1. The second kappa shape index (κ2) is 8.64. The number of rotatable bonds is 4. The molecule has 3 rings (SSSR count). The van der Waals surface area contributed by atoms with Crippen molar-refractivity contribution in [3.05, 3.63) is 58.5 Å². The summed E-state index contributed by atoms with van der Waals surface area (Å²) in [5.41, 5.74) is 1.57. The van der Waals surface area contributed by atoms with Gasteiger partial charge in [0.15, 0.2) is 0 Å². The molecule has 142 valence electrons. The first-order chi connectivity index (χ1) is 13.1. The van der Waals surface area contributed by atoms with Crippen LogP contribution in [-0.4, -0.2) is 66.5 Å². The predicted molar refractivity (Wildman–Crippen MR) is 101 cm³/mol. The molecule has 1 aliphatic heterocycles. The molecule has 1 N–H and O–H groups in total. The Morgan fingerprint density at radius 2 is 1.85 bits per heavy atom. The van der Waals surface area contributed by atoms with Gasteiger partial charge < -0.3 is 19.5 Å². The normalized spacial score (nSPS) is 14.7. The van der Waals surface area contributed by atoms with E-state index in [0.29, 0.717) is 42.9 Å². The van der Waals surface area contributed by atoms with Gasteiger partial charge in [0, 0.05) is 50.6 Å². The van der Waals surface area contributed by atoms with Crippen molar-refractivity contribution in [1.29, 1.82) is 0 Å². The molecule has 1 aliphatic rings. The number of carbonyl (C=O) groups is 2. The van der Waals surface area contributed by atoms with Crippen LogP contribution in [0.1, 0.15) is 16.8 Å². The number of hydrogen-bond acceptors (Lipinski definition) is 4. The molecule has 0 radical (unpaired) electrons. The Morgan fingerprint density at radius 3 is 2.63 bits per heavy atom. The van der Waals surface area contributed by atoms with Crippen molar-refractivity contribution in [1.82, 2.24) is 14.8 Å². The zero-order chi connectivity index (χ0) is 19.2. The first-order valence-electron chi connectivity index (χ1n) is 8.94. The van der Waals surface area contributed by atoms with E-state index in [9.17, 15) is 14.4 Å². The Bertz CT molecular complexity index is 877. The van der Waals surface area contributed by atoms with E-state index >= 15 is 0 Å². The van der Waals surface area contributed by atoms with Crippen LogP contribution in [0.15, 0.2) is 47.4 Å². The summed E-state index contributed by atoms with van der Waals surface area (Å²) >= 11 is 0. The highest BCUT2D eigenvalue weighted by atomic mass is 16.5. The zero-order valence-corrected chi connectivity index (χ0v) is 15.3. The lowest BCUT2D eigenvalue weighted by molar-refractivity contribution is -0.135. The van der Waals surface area contributed by atoms with Crippen molar-refractivity contribution in [3.8, 4) is 11.1 Å². The van der Waals surface area contributed by atoms with Crippen LogP contribution in [0.5, 0.6) is 0 Å². The Labute approximate surface area is 157 Å². The van der Waals surface area contributed by atoms with Crippen LogP contribution in [0, 0.1) is 0 Å². The number of nitrogens with zero attached hydrogens (tertiary/aromatic N) is 2. The lowest BCUT2D eigenvalue weighted by Gasteiger charge is -2.22. The minimum atomic E-state index is -0.191. The highest BCUT2D eigenvalue weighted by Crippen LogP contribution is 2.18. The molecule has 2 aromatic rings. The predicted octanol–water partition coefficient (Wildman–Crippen LogP) is 1.36. The molecule has 2 heterocycles. The van der Waals surface area contributed by atoms with Crippen LogP contribution in [0.2, 0.25) is 0 Å². The molecule has 1 aromatic carbocycles.